The Morgan fingerprint density at radius 1 is 1.09 bits per heavy atom. The number of para-hydroxylation sites is 1. The molecule has 170 valence electrons. The highest BCUT2D eigenvalue weighted by Gasteiger charge is 2.20. The molecule has 0 bridgehead atoms. The van der Waals surface area contributed by atoms with E-state index in [0.29, 0.717) is 23.5 Å². The zero-order chi connectivity index (χ0) is 23.0. The number of H-pyrrole nitrogens is 1. The molecule has 3 aromatic heterocycles. The number of nitrogens with zero attached hydrogens (tertiary/aromatic N) is 3. The molecule has 0 aliphatic rings. The minimum Gasteiger partial charge on any atom is -0.359 e. The van der Waals surface area contributed by atoms with E-state index in [4.69, 9.17) is 0 Å². The second-order valence-electron chi connectivity index (χ2n) is 7.76. The number of carbonyl (C=O) groups excluding carboxylic acids is 2. The van der Waals surface area contributed by atoms with E-state index >= 15 is 0 Å². The summed E-state index contributed by atoms with van der Waals surface area (Å²) in [6.07, 6.45) is 8.94. The van der Waals surface area contributed by atoms with Crippen LogP contribution in [0.1, 0.15) is 53.6 Å². The first-order valence-corrected chi connectivity index (χ1v) is 11.8. The third-order valence-electron chi connectivity index (χ3n) is 5.46. The molecule has 33 heavy (non-hydrogen) atoms. The van der Waals surface area contributed by atoms with Gasteiger partial charge in [-0.25, -0.2) is 4.98 Å². The molecule has 4 rings (SSSR count). The number of pyridine rings is 1. The van der Waals surface area contributed by atoms with Gasteiger partial charge in [-0.1, -0.05) is 31.0 Å². The van der Waals surface area contributed by atoms with Gasteiger partial charge in [0.15, 0.2) is 0 Å². The van der Waals surface area contributed by atoms with E-state index in [1.165, 1.54) is 11.3 Å². The Morgan fingerprint density at radius 3 is 2.79 bits per heavy atom. The molecule has 0 aliphatic heterocycles. The van der Waals surface area contributed by atoms with E-state index in [1.807, 2.05) is 30.5 Å². The average molecular weight is 463 g/mol. The van der Waals surface area contributed by atoms with Gasteiger partial charge >= 0.3 is 0 Å². The maximum absolute atomic E-state index is 12.7. The molecule has 3 heterocycles. The van der Waals surface area contributed by atoms with Crippen LogP contribution in [0.4, 0.5) is 0 Å². The maximum Gasteiger partial charge on any atom is 0.263 e. The van der Waals surface area contributed by atoms with Crippen molar-refractivity contribution in [1.82, 2.24) is 30.6 Å². The van der Waals surface area contributed by atoms with Crippen molar-refractivity contribution >= 4 is 34.1 Å². The fourth-order valence-electron chi connectivity index (χ4n) is 3.65. The predicted octanol–water partition coefficient (Wildman–Crippen LogP) is 4.25. The number of aromatic amines is 1. The number of fused-ring (bicyclic) bond motifs is 1. The quantitative estimate of drug-likeness (QED) is 0.305. The maximum atomic E-state index is 12.7. The first-order chi connectivity index (χ1) is 16.1. The van der Waals surface area contributed by atoms with Crippen molar-refractivity contribution in [2.75, 3.05) is 7.05 Å². The number of hydrogen-bond donors (Lipinski definition) is 3. The Balaban J connectivity index is 1.48. The van der Waals surface area contributed by atoms with E-state index in [0.717, 1.165) is 41.4 Å². The largest absolute Gasteiger partial charge is 0.359 e. The van der Waals surface area contributed by atoms with Crippen molar-refractivity contribution in [1.29, 1.82) is 0 Å². The summed E-state index contributed by atoms with van der Waals surface area (Å²) in [6.45, 7) is 0. The number of carbonyl (C=O) groups is 2. The topological polar surface area (TPSA) is 113 Å². The lowest BCUT2D eigenvalue weighted by molar-refractivity contribution is -0.120. The Labute approximate surface area is 195 Å². The average Bonchev–Trinajstić information content (AvgIpc) is 3.55. The van der Waals surface area contributed by atoms with Gasteiger partial charge in [0.1, 0.15) is 10.7 Å². The van der Waals surface area contributed by atoms with Gasteiger partial charge in [-0.3, -0.25) is 19.6 Å². The zero-order valence-electron chi connectivity index (χ0n) is 18.4. The zero-order valence-corrected chi connectivity index (χ0v) is 19.2. The summed E-state index contributed by atoms with van der Waals surface area (Å²) in [5, 5.41) is 6.78. The van der Waals surface area contributed by atoms with Crippen molar-refractivity contribution in [3.05, 3.63) is 65.1 Å². The monoisotopic (exact) mass is 462 g/mol. The van der Waals surface area contributed by atoms with Crippen molar-refractivity contribution in [2.24, 2.45) is 0 Å². The Kier molecular flexibility index (Phi) is 7.41. The van der Waals surface area contributed by atoms with E-state index in [1.54, 1.807) is 25.0 Å². The summed E-state index contributed by atoms with van der Waals surface area (Å²) >= 11 is 1.30. The Morgan fingerprint density at radius 2 is 1.97 bits per heavy atom. The smallest absolute Gasteiger partial charge is 0.263 e. The van der Waals surface area contributed by atoms with Crippen LogP contribution in [-0.4, -0.2) is 38.8 Å². The number of hydrogen-bond acceptors (Lipinski definition) is 6. The van der Waals surface area contributed by atoms with E-state index < -0.39 is 0 Å². The van der Waals surface area contributed by atoms with Crippen molar-refractivity contribution in [2.45, 2.75) is 38.1 Å². The molecule has 2 amide bonds. The molecular weight excluding hydrogens is 436 g/mol. The van der Waals surface area contributed by atoms with Gasteiger partial charge in [-0.15, -0.1) is 11.3 Å². The highest BCUT2D eigenvalue weighted by molar-refractivity contribution is 7.11. The number of imidazole rings is 1. The van der Waals surface area contributed by atoms with Gasteiger partial charge in [-0.05, 0) is 25.0 Å². The molecule has 1 atom stereocenters. The Hall–Kier alpha value is -3.59. The second kappa shape index (κ2) is 10.8. The third kappa shape index (κ3) is 5.81. The highest BCUT2D eigenvalue weighted by atomic mass is 32.1. The molecule has 0 saturated carbocycles. The lowest BCUT2D eigenvalue weighted by Gasteiger charge is -2.16. The van der Waals surface area contributed by atoms with Gasteiger partial charge < -0.3 is 15.6 Å². The van der Waals surface area contributed by atoms with Gasteiger partial charge in [-0.2, -0.15) is 0 Å². The van der Waals surface area contributed by atoms with Crippen molar-refractivity contribution < 1.29 is 9.59 Å². The lowest BCUT2D eigenvalue weighted by Crippen LogP contribution is -2.28. The molecule has 0 radical (unpaired) electrons. The molecule has 3 N–H and O–H groups in total. The third-order valence-corrected chi connectivity index (χ3v) is 6.24. The molecular formula is C24H26N6O2S. The van der Waals surface area contributed by atoms with Gasteiger partial charge in [0, 0.05) is 30.6 Å². The standard InChI is InChI=1S/C24H26N6O2S/c1-25-22(31)10-4-2-3-9-19(30-24(32)21-14-26-15-33-21)23-28-13-20(29-23)17-11-16-7-5-6-8-18(16)27-12-17/h5-8,11-15,19H,2-4,9-10H2,1H3,(H,25,31)(H,28,29)(H,30,32)/t19-/m0/s1. The van der Waals surface area contributed by atoms with Gasteiger partial charge in [0.25, 0.3) is 5.91 Å². The summed E-state index contributed by atoms with van der Waals surface area (Å²) in [7, 11) is 1.65. The van der Waals surface area contributed by atoms with Crippen LogP contribution in [0.3, 0.4) is 0 Å². The summed E-state index contributed by atoms with van der Waals surface area (Å²) in [5.41, 5.74) is 4.36. The summed E-state index contributed by atoms with van der Waals surface area (Å²) in [4.78, 5) is 41.1. The molecule has 8 nitrogen and oxygen atoms in total. The van der Waals surface area contributed by atoms with Crippen LogP contribution >= 0.6 is 11.3 Å². The minimum atomic E-state index is -0.276. The number of aromatic nitrogens is 4. The van der Waals surface area contributed by atoms with Gasteiger partial charge in [0.2, 0.25) is 5.91 Å². The lowest BCUT2D eigenvalue weighted by atomic mass is 10.1. The molecule has 1 aromatic carbocycles. The van der Waals surface area contributed by atoms with Crippen molar-refractivity contribution in [3.8, 4) is 11.3 Å². The number of benzene rings is 1. The summed E-state index contributed by atoms with van der Waals surface area (Å²) < 4.78 is 0. The SMILES string of the molecule is CNC(=O)CCCCC[C@H](NC(=O)c1cncs1)c1ncc(-c2cnc3ccccc3c2)[nH]1. The molecule has 0 saturated heterocycles. The first kappa shape index (κ1) is 22.6. The molecule has 0 aliphatic carbocycles. The number of rotatable bonds is 10. The van der Waals surface area contributed by atoms with Crippen LogP contribution in [0.5, 0.6) is 0 Å². The fraction of sp³-hybridized carbons (Fsp3) is 0.292. The van der Waals surface area contributed by atoms with Crippen LogP contribution < -0.4 is 10.6 Å². The highest BCUT2D eigenvalue weighted by Crippen LogP contribution is 2.25. The van der Waals surface area contributed by atoms with E-state index in [-0.39, 0.29) is 17.9 Å². The molecule has 0 spiro atoms. The number of thiazole rings is 1. The predicted molar refractivity (Wildman–Crippen MR) is 129 cm³/mol. The first-order valence-electron chi connectivity index (χ1n) is 10.9. The van der Waals surface area contributed by atoms with Crippen LogP contribution in [0, 0.1) is 0 Å². The number of amides is 2. The normalized spacial score (nSPS) is 11.9. The minimum absolute atomic E-state index is 0.0460. The molecule has 4 aromatic rings. The fourth-order valence-corrected chi connectivity index (χ4v) is 4.17. The van der Waals surface area contributed by atoms with Crippen molar-refractivity contribution in [3.63, 3.8) is 0 Å². The van der Waals surface area contributed by atoms with Crippen LogP contribution in [0.25, 0.3) is 22.2 Å². The second-order valence-corrected chi connectivity index (χ2v) is 8.65. The number of unbranched alkanes of at least 4 members (excludes halogenated alkanes) is 2. The number of nitrogens with one attached hydrogen (secondary N) is 3. The van der Waals surface area contributed by atoms with Crippen LogP contribution in [0.2, 0.25) is 0 Å². The molecule has 0 unspecified atom stereocenters. The molecule has 0 fully saturated rings. The Bertz CT molecular complexity index is 1220. The summed E-state index contributed by atoms with van der Waals surface area (Å²) in [5.74, 6) is 0.574. The van der Waals surface area contributed by atoms with Crippen LogP contribution in [-0.2, 0) is 4.79 Å². The van der Waals surface area contributed by atoms with Gasteiger partial charge in [0.05, 0.1) is 35.2 Å². The van der Waals surface area contributed by atoms with E-state index in [9.17, 15) is 9.59 Å². The van der Waals surface area contributed by atoms with Crippen LogP contribution in [0.15, 0.2) is 54.4 Å². The summed E-state index contributed by atoms with van der Waals surface area (Å²) in [6, 6.07) is 9.76. The molecule has 9 heteroatoms. The van der Waals surface area contributed by atoms with E-state index in [2.05, 4.69) is 36.6 Å².